The van der Waals surface area contributed by atoms with E-state index in [0.29, 0.717) is 35.9 Å². The molecule has 1 aliphatic rings. The molecule has 0 atom stereocenters. The first-order valence-electron chi connectivity index (χ1n) is 10.6. The number of aryl methyl sites for hydroxylation is 1. The predicted octanol–water partition coefficient (Wildman–Crippen LogP) is 5.06. The topological polar surface area (TPSA) is 67.4 Å². The lowest BCUT2D eigenvalue weighted by Gasteiger charge is -2.10. The highest BCUT2D eigenvalue weighted by Crippen LogP contribution is 2.37. The molecule has 5 nitrogen and oxygen atoms in total. The lowest BCUT2D eigenvalue weighted by molar-refractivity contribution is 0.0923. The van der Waals surface area contributed by atoms with Gasteiger partial charge in [-0.25, -0.2) is 0 Å². The van der Waals surface area contributed by atoms with Crippen LogP contribution < -0.4 is 10.6 Å². The molecule has 1 aromatic carbocycles. The van der Waals surface area contributed by atoms with Gasteiger partial charge < -0.3 is 15.4 Å². The fraction of sp³-hybridized carbons (Fsp3) is 0.478. The third kappa shape index (κ3) is 6.41. The van der Waals surface area contributed by atoms with Crippen LogP contribution in [0.5, 0.6) is 0 Å². The van der Waals surface area contributed by atoms with Crippen molar-refractivity contribution in [2.24, 2.45) is 0 Å². The Morgan fingerprint density at radius 1 is 1.03 bits per heavy atom. The molecular weight excluding hydrogens is 384 g/mol. The van der Waals surface area contributed by atoms with E-state index in [4.69, 9.17) is 4.74 Å². The van der Waals surface area contributed by atoms with Crippen molar-refractivity contribution >= 4 is 28.2 Å². The zero-order chi connectivity index (χ0) is 21.1. The molecule has 0 spiro atoms. The fourth-order valence-corrected chi connectivity index (χ4v) is 4.59. The highest BCUT2D eigenvalue weighted by atomic mass is 32.1. The van der Waals surface area contributed by atoms with E-state index >= 15 is 0 Å². The number of rotatable bonds is 7. The van der Waals surface area contributed by atoms with E-state index in [-0.39, 0.29) is 11.8 Å². The summed E-state index contributed by atoms with van der Waals surface area (Å²) in [6, 6.07) is 9.09. The number of nitrogens with one attached hydrogen (secondary N) is 2. The van der Waals surface area contributed by atoms with Crippen LogP contribution in [0.1, 0.15) is 71.2 Å². The molecule has 0 fully saturated rings. The molecule has 0 radical (unpaired) electrons. The normalized spacial score (nSPS) is 12.8. The molecule has 6 heteroatoms. The summed E-state index contributed by atoms with van der Waals surface area (Å²) in [4.78, 5) is 26.7. The van der Waals surface area contributed by atoms with Crippen LogP contribution in [0.25, 0.3) is 0 Å². The highest BCUT2D eigenvalue weighted by molar-refractivity contribution is 7.17. The number of ether oxygens (including phenoxy) is 1. The Balaban J connectivity index is 0.00000145. The van der Waals surface area contributed by atoms with E-state index < -0.39 is 0 Å². The zero-order valence-corrected chi connectivity index (χ0v) is 18.5. The van der Waals surface area contributed by atoms with Crippen molar-refractivity contribution < 1.29 is 14.3 Å². The minimum absolute atomic E-state index is 0.127. The summed E-state index contributed by atoms with van der Waals surface area (Å²) in [6.45, 7) is 7.50. The van der Waals surface area contributed by atoms with Gasteiger partial charge in [0.25, 0.3) is 11.8 Å². The zero-order valence-electron chi connectivity index (χ0n) is 17.7. The molecule has 3 rings (SSSR count). The molecule has 29 heavy (non-hydrogen) atoms. The lowest BCUT2D eigenvalue weighted by atomic mass is 10.0. The maximum absolute atomic E-state index is 12.9. The van der Waals surface area contributed by atoms with Crippen molar-refractivity contribution in [3.8, 4) is 0 Å². The van der Waals surface area contributed by atoms with Gasteiger partial charge in [0.15, 0.2) is 0 Å². The fourth-order valence-electron chi connectivity index (χ4n) is 3.31. The second-order valence-electron chi connectivity index (χ2n) is 6.54. The Hall–Kier alpha value is -2.18. The van der Waals surface area contributed by atoms with Gasteiger partial charge in [0, 0.05) is 23.6 Å². The van der Waals surface area contributed by atoms with Gasteiger partial charge in [-0.2, -0.15) is 0 Å². The van der Waals surface area contributed by atoms with Crippen molar-refractivity contribution in [2.75, 3.05) is 25.1 Å². The second kappa shape index (κ2) is 12.4. The van der Waals surface area contributed by atoms with Crippen LogP contribution in [0, 0.1) is 0 Å². The van der Waals surface area contributed by atoms with Gasteiger partial charge in [0.05, 0.1) is 12.2 Å². The highest BCUT2D eigenvalue weighted by Gasteiger charge is 2.25. The first-order valence-corrected chi connectivity index (χ1v) is 11.4. The van der Waals surface area contributed by atoms with E-state index in [1.54, 1.807) is 23.5 Å². The number of thiophene rings is 1. The average molecular weight is 417 g/mol. The number of carbonyl (C=O) groups excluding carboxylic acids is 2. The quantitative estimate of drug-likeness (QED) is 0.490. The molecule has 2 N–H and O–H groups in total. The van der Waals surface area contributed by atoms with E-state index in [1.807, 2.05) is 39.0 Å². The summed E-state index contributed by atoms with van der Waals surface area (Å²) in [7, 11) is 0. The molecule has 1 aromatic heterocycles. The monoisotopic (exact) mass is 416 g/mol. The molecule has 0 aliphatic heterocycles. The molecule has 1 aliphatic carbocycles. The number of anilines is 1. The van der Waals surface area contributed by atoms with Crippen molar-refractivity contribution in [2.45, 2.75) is 52.9 Å². The first kappa shape index (κ1) is 23.1. The average Bonchev–Trinajstić information content (AvgIpc) is 2.93. The smallest absolute Gasteiger partial charge is 0.256 e. The SMILES string of the molecule is CC.CCOCCNC(=O)c1c(NC(=O)c2ccccc2)sc2c1CCCCC2. The van der Waals surface area contributed by atoms with E-state index in [2.05, 4.69) is 10.6 Å². The summed E-state index contributed by atoms with van der Waals surface area (Å²) < 4.78 is 5.30. The number of amides is 2. The summed E-state index contributed by atoms with van der Waals surface area (Å²) in [5, 5.41) is 6.57. The van der Waals surface area contributed by atoms with Gasteiger partial charge in [-0.15, -0.1) is 11.3 Å². The summed E-state index contributed by atoms with van der Waals surface area (Å²) in [5.41, 5.74) is 2.33. The Kier molecular flexibility index (Phi) is 9.88. The minimum atomic E-state index is -0.185. The maximum Gasteiger partial charge on any atom is 0.256 e. The van der Waals surface area contributed by atoms with Crippen molar-refractivity contribution in [1.82, 2.24) is 5.32 Å². The van der Waals surface area contributed by atoms with Crippen molar-refractivity contribution in [3.05, 3.63) is 51.9 Å². The Morgan fingerprint density at radius 3 is 2.48 bits per heavy atom. The molecule has 2 amide bonds. The van der Waals surface area contributed by atoms with Crippen LogP contribution >= 0.6 is 11.3 Å². The van der Waals surface area contributed by atoms with Gasteiger partial charge in [0.2, 0.25) is 0 Å². The third-order valence-corrected chi connectivity index (χ3v) is 5.85. The summed E-state index contributed by atoms with van der Waals surface area (Å²) in [6.07, 6.45) is 5.25. The maximum atomic E-state index is 12.9. The number of hydrogen-bond donors (Lipinski definition) is 2. The van der Waals surface area contributed by atoms with Crippen molar-refractivity contribution in [3.63, 3.8) is 0 Å². The number of carbonyl (C=O) groups is 2. The van der Waals surface area contributed by atoms with E-state index in [1.165, 1.54) is 11.3 Å². The predicted molar refractivity (Wildman–Crippen MR) is 120 cm³/mol. The molecule has 0 saturated heterocycles. The Morgan fingerprint density at radius 2 is 1.76 bits per heavy atom. The third-order valence-electron chi connectivity index (χ3n) is 4.65. The van der Waals surface area contributed by atoms with Gasteiger partial charge in [-0.3, -0.25) is 9.59 Å². The van der Waals surface area contributed by atoms with Gasteiger partial charge in [0.1, 0.15) is 5.00 Å². The largest absolute Gasteiger partial charge is 0.380 e. The van der Waals surface area contributed by atoms with Gasteiger partial charge in [-0.05, 0) is 50.3 Å². The van der Waals surface area contributed by atoms with Crippen LogP contribution in [0.15, 0.2) is 30.3 Å². The van der Waals surface area contributed by atoms with E-state index in [0.717, 1.165) is 31.2 Å². The Bertz CT molecular complexity index is 787. The van der Waals surface area contributed by atoms with Crippen molar-refractivity contribution in [1.29, 1.82) is 0 Å². The standard InChI is InChI=1S/C21H26N2O3S.C2H6/c1-2-26-14-13-22-20(25)18-16-11-7-4-8-12-17(16)27-21(18)23-19(24)15-9-5-3-6-10-15;1-2/h3,5-6,9-10H,2,4,7-8,11-14H2,1H3,(H,22,25)(H,23,24);1-2H3. The van der Waals surface area contributed by atoms with E-state index in [9.17, 15) is 9.59 Å². The van der Waals surface area contributed by atoms with Crippen LogP contribution in [0.3, 0.4) is 0 Å². The minimum Gasteiger partial charge on any atom is -0.380 e. The first-order chi connectivity index (χ1) is 14.2. The molecule has 2 aromatic rings. The molecule has 0 unspecified atom stereocenters. The molecule has 1 heterocycles. The van der Waals surface area contributed by atoms with Crippen LogP contribution in [0.2, 0.25) is 0 Å². The van der Waals surface area contributed by atoms with Crippen LogP contribution in [-0.2, 0) is 17.6 Å². The number of hydrogen-bond acceptors (Lipinski definition) is 4. The molecule has 158 valence electrons. The lowest BCUT2D eigenvalue weighted by Crippen LogP contribution is -2.28. The second-order valence-corrected chi connectivity index (χ2v) is 7.65. The Labute approximate surface area is 177 Å². The molecular formula is C23H32N2O3S. The number of fused-ring (bicyclic) bond motifs is 1. The summed E-state index contributed by atoms with van der Waals surface area (Å²) >= 11 is 1.55. The number of benzene rings is 1. The molecule has 0 bridgehead atoms. The molecule has 0 saturated carbocycles. The van der Waals surface area contributed by atoms with Crippen LogP contribution in [-0.4, -0.2) is 31.6 Å². The summed E-state index contributed by atoms with van der Waals surface area (Å²) in [5.74, 6) is -0.312. The van der Waals surface area contributed by atoms with Gasteiger partial charge in [-0.1, -0.05) is 38.5 Å². The van der Waals surface area contributed by atoms with Crippen LogP contribution in [0.4, 0.5) is 5.00 Å². The van der Waals surface area contributed by atoms with Gasteiger partial charge >= 0.3 is 0 Å².